The van der Waals surface area contributed by atoms with Crippen LogP contribution < -0.4 is 5.32 Å². The molecule has 1 N–H and O–H groups in total. The topological polar surface area (TPSA) is 15.3 Å². The molecular weight excluding hydrogens is 208 g/mol. The first kappa shape index (κ1) is 13.4. The lowest BCUT2D eigenvalue weighted by atomic mass is 9.99. The van der Waals surface area contributed by atoms with Gasteiger partial charge in [0.05, 0.1) is 0 Å². The lowest BCUT2D eigenvalue weighted by Crippen LogP contribution is -2.39. The highest BCUT2D eigenvalue weighted by molar-refractivity contribution is 4.80. The first-order valence-corrected chi connectivity index (χ1v) is 7.87. The molecule has 1 aliphatic carbocycles. The largest absolute Gasteiger partial charge is 0.314 e. The highest BCUT2D eigenvalue weighted by Gasteiger charge is 2.20. The normalized spacial score (nSPS) is 26.3. The summed E-state index contributed by atoms with van der Waals surface area (Å²) in [6, 6.07) is 1.79. The van der Waals surface area contributed by atoms with E-state index in [9.17, 15) is 0 Å². The SMILES string of the molecule is CCC1CCCCN1CCCCCNC1CC1. The Hall–Kier alpha value is -0.0800. The van der Waals surface area contributed by atoms with Crippen LogP contribution in [-0.2, 0) is 0 Å². The van der Waals surface area contributed by atoms with Crippen LogP contribution in [0.15, 0.2) is 0 Å². The quantitative estimate of drug-likeness (QED) is 0.653. The molecule has 0 aromatic heterocycles. The number of likely N-dealkylation sites (tertiary alicyclic amines) is 1. The smallest absolute Gasteiger partial charge is 0.00926 e. The van der Waals surface area contributed by atoms with Crippen LogP contribution in [0.1, 0.15) is 64.7 Å². The summed E-state index contributed by atoms with van der Waals surface area (Å²) in [5.74, 6) is 0. The minimum atomic E-state index is 0.890. The molecule has 2 nitrogen and oxygen atoms in total. The van der Waals surface area contributed by atoms with Crippen molar-refractivity contribution in [1.82, 2.24) is 10.2 Å². The lowest BCUT2D eigenvalue weighted by Gasteiger charge is -2.35. The van der Waals surface area contributed by atoms with Gasteiger partial charge in [-0.05, 0) is 64.6 Å². The van der Waals surface area contributed by atoms with Crippen molar-refractivity contribution in [3.63, 3.8) is 0 Å². The Bertz CT molecular complexity index is 201. The van der Waals surface area contributed by atoms with Gasteiger partial charge in [0.1, 0.15) is 0 Å². The lowest BCUT2D eigenvalue weighted by molar-refractivity contribution is 0.141. The van der Waals surface area contributed by atoms with Crippen molar-refractivity contribution >= 4 is 0 Å². The molecule has 17 heavy (non-hydrogen) atoms. The number of rotatable bonds is 8. The molecule has 2 heteroatoms. The molecule has 0 spiro atoms. The van der Waals surface area contributed by atoms with Gasteiger partial charge in [-0.15, -0.1) is 0 Å². The van der Waals surface area contributed by atoms with E-state index < -0.39 is 0 Å². The van der Waals surface area contributed by atoms with Gasteiger partial charge in [0, 0.05) is 12.1 Å². The van der Waals surface area contributed by atoms with Crippen molar-refractivity contribution in [1.29, 1.82) is 0 Å². The van der Waals surface area contributed by atoms with Gasteiger partial charge >= 0.3 is 0 Å². The fourth-order valence-corrected chi connectivity index (χ4v) is 3.03. The second-order valence-corrected chi connectivity index (χ2v) is 5.88. The summed E-state index contributed by atoms with van der Waals surface area (Å²) < 4.78 is 0. The molecule has 2 rings (SSSR count). The minimum Gasteiger partial charge on any atom is -0.314 e. The predicted molar refractivity (Wildman–Crippen MR) is 74.4 cm³/mol. The molecule has 100 valence electrons. The summed E-state index contributed by atoms with van der Waals surface area (Å²) in [5.41, 5.74) is 0. The number of hydrogen-bond acceptors (Lipinski definition) is 2. The van der Waals surface area contributed by atoms with Gasteiger partial charge in [-0.3, -0.25) is 0 Å². The number of nitrogens with one attached hydrogen (secondary N) is 1. The molecule has 1 aliphatic heterocycles. The van der Waals surface area contributed by atoms with Crippen LogP contribution in [0.3, 0.4) is 0 Å². The van der Waals surface area contributed by atoms with Gasteiger partial charge in [0.15, 0.2) is 0 Å². The molecule has 0 amide bonds. The van der Waals surface area contributed by atoms with Crippen LogP contribution in [0, 0.1) is 0 Å². The highest BCUT2D eigenvalue weighted by atomic mass is 15.2. The Balaban J connectivity index is 1.47. The third-order valence-corrected chi connectivity index (χ3v) is 4.35. The van der Waals surface area contributed by atoms with Crippen LogP contribution >= 0.6 is 0 Å². The second-order valence-electron chi connectivity index (χ2n) is 5.88. The molecule has 0 aromatic rings. The van der Waals surface area contributed by atoms with Crippen molar-refractivity contribution in [2.75, 3.05) is 19.6 Å². The summed E-state index contributed by atoms with van der Waals surface area (Å²) in [6.07, 6.45) is 12.7. The first-order valence-electron chi connectivity index (χ1n) is 7.87. The fraction of sp³-hybridized carbons (Fsp3) is 1.00. The van der Waals surface area contributed by atoms with Crippen LogP contribution in [0.25, 0.3) is 0 Å². The Kier molecular flexibility index (Phi) is 5.79. The van der Waals surface area contributed by atoms with E-state index in [1.807, 2.05) is 0 Å². The van der Waals surface area contributed by atoms with Gasteiger partial charge in [-0.2, -0.15) is 0 Å². The van der Waals surface area contributed by atoms with Crippen molar-refractivity contribution in [2.24, 2.45) is 0 Å². The van der Waals surface area contributed by atoms with Crippen molar-refractivity contribution in [3.05, 3.63) is 0 Å². The Morgan fingerprint density at radius 1 is 1.06 bits per heavy atom. The van der Waals surface area contributed by atoms with E-state index in [-0.39, 0.29) is 0 Å². The average Bonchev–Trinajstić information content (AvgIpc) is 3.18. The summed E-state index contributed by atoms with van der Waals surface area (Å²) in [5, 5.41) is 3.60. The van der Waals surface area contributed by atoms with Crippen LogP contribution in [0.2, 0.25) is 0 Å². The third-order valence-electron chi connectivity index (χ3n) is 4.35. The Labute approximate surface area is 107 Å². The molecule has 1 saturated carbocycles. The van der Waals surface area contributed by atoms with E-state index in [2.05, 4.69) is 17.1 Å². The monoisotopic (exact) mass is 238 g/mol. The zero-order valence-electron chi connectivity index (χ0n) is 11.6. The summed E-state index contributed by atoms with van der Waals surface area (Å²) in [7, 11) is 0. The molecule has 0 bridgehead atoms. The molecule has 0 aromatic carbocycles. The van der Waals surface area contributed by atoms with Gasteiger partial charge in [0.25, 0.3) is 0 Å². The van der Waals surface area contributed by atoms with E-state index in [1.54, 1.807) is 0 Å². The Morgan fingerprint density at radius 3 is 2.71 bits per heavy atom. The van der Waals surface area contributed by atoms with E-state index in [0.717, 1.165) is 12.1 Å². The molecule has 1 saturated heterocycles. The van der Waals surface area contributed by atoms with Gasteiger partial charge < -0.3 is 10.2 Å². The van der Waals surface area contributed by atoms with E-state index in [4.69, 9.17) is 0 Å². The van der Waals surface area contributed by atoms with Crippen LogP contribution in [0.5, 0.6) is 0 Å². The zero-order valence-corrected chi connectivity index (χ0v) is 11.6. The van der Waals surface area contributed by atoms with Gasteiger partial charge in [-0.1, -0.05) is 19.8 Å². The molecule has 1 atom stereocenters. The van der Waals surface area contributed by atoms with E-state index >= 15 is 0 Å². The van der Waals surface area contributed by atoms with Crippen molar-refractivity contribution in [2.45, 2.75) is 76.8 Å². The average molecular weight is 238 g/mol. The maximum absolute atomic E-state index is 3.60. The molecule has 2 aliphatic rings. The van der Waals surface area contributed by atoms with Crippen molar-refractivity contribution < 1.29 is 0 Å². The highest BCUT2D eigenvalue weighted by Crippen LogP contribution is 2.20. The maximum atomic E-state index is 3.60. The molecular formula is C15H30N2. The summed E-state index contributed by atoms with van der Waals surface area (Å²) >= 11 is 0. The maximum Gasteiger partial charge on any atom is 0.00926 e. The molecule has 2 fully saturated rings. The number of piperidine rings is 1. The fourth-order valence-electron chi connectivity index (χ4n) is 3.03. The van der Waals surface area contributed by atoms with Gasteiger partial charge in [-0.25, -0.2) is 0 Å². The molecule has 1 heterocycles. The van der Waals surface area contributed by atoms with Crippen molar-refractivity contribution in [3.8, 4) is 0 Å². The molecule has 0 radical (unpaired) electrons. The summed E-state index contributed by atoms with van der Waals surface area (Å²) in [4.78, 5) is 2.75. The minimum absolute atomic E-state index is 0.890. The first-order chi connectivity index (χ1) is 8.40. The second kappa shape index (κ2) is 7.38. The standard InChI is InChI=1S/C15H30N2/c1-2-15-8-4-7-13-17(15)12-6-3-5-11-16-14-9-10-14/h14-16H,2-13H2,1H3. The number of hydrogen-bond donors (Lipinski definition) is 1. The number of nitrogens with zero attached hydrogens (tertiary/aromatic N) is 1. The summed E-state index contributed by atoms with van der Waals surface area (Å²) in [6.45, 7) is 6.31. The third kappa shape index (κ3) is 4.97. The molecule has 1 unspecified atom stereocenters. The predicted octanol–water partition coefficient (Wildman–Crippen LogP) is 3.17. The van der Waals surface area contributed by atoms with Crippen LogP contribution in [-0.4, -0.2) is 36.6 Å². The van der Waals surface area contributed by atoms with E-state index in [1.165, 1.54) is 77.4 Å². The number of unbranched alkanes of at least 4 members (excludes halogenated alkanes) is 2. The van der Waals surface area contributed by atoms with E-state index in [0.29, 0.717) is 0 Å². The Morgan fingerprint density at radius 2 is 1.94 bits per heavy atom. The van der Waals surface area contributed by atoms with Crippen LogP contribution in [0.4, 0.5) is 0 Å². The van der Waals surface area contributed by atoms with Gasteiger partial charge in [0.2, 0.25) is 0 Å². The zero-order chi connectivity index (χ0) is 11.9.